The summed E-state index contributed by atoms with van der Waals surface area (Å²) in [5.74, 6) is 1.24. The van der Waals surface area contributed by atoms with Crippen molar-refractivity contribution in [1.29, 1.82) is 0 Å². The topological polar surface area (TPSA) is 64.2 Å². The molecule has 5 nitrogen and oxygen atoms in total. The highest BCUT2D eigenvalue weighted by Crippen LogP contribution is 2.30. The molecule has 5 heteroatoms. The number of nitrogens with two attached hydrogens (primary N) is 1. The molecular weight excluding hydrogens is 252 g/mol. The van der Waals surface area contributed by atoms with Gasteiger partial charge in [-0.25, -0.2) is 4.98 Å². The van der Waals surface area contributed by atoms with E-state index < -0.39 is 0 Å². The molecule has 2 aromatic rings. The number of rotatable bonds is 4. The van der Waals surface area contributed by atoms with Crippen molar-refractivity contribution in [3.05, 3.63) is 30.1 Å². The van der Waals surface area contributed by atoms with Crippen molar-refractivity contribution in [2.75, 3.05) is 19.6 Å². The maximum atomic E-state index is 10.9. The Kier molecular flexibility index (Phi) is 3.22. The first-order chi connectivity index (χ1) is 9.56. The van der Waals surface area contributed by atoms with Crippen LogP contribution in [0.3, 0.4) is 0 Å². The first-order valence-corrected chi connectivity index (χ1v) is 7.03. The van der Waals surface area contributed by atoms with Crippen molar-refractivity contribution in [3.8, 4) is 0 Å². The van der Waals surface area contributed by atoms with Gasteiger partial charge in [0.1, 0.15) is 5.82 Å². The fourth-order valence-corrected chi connectivity index (χ4v) is 2.91. The van der Waals surface area contributed by atoms with Crippen LogP contribution in [0.15, 0.2) is 24.3 Å². The summed E-state index contributed by atoms with van der Waals surface area (Å²) in [6, 6.07) is 8.62. The van der Waals surface area contributed by atoms with Crippen LogP contribution < -0.4 is 5.73 Å². The van der Waals surface area contributed by atoms with E-state index in [-0.39, 0.29) is 5.91 Å². The number of para-hydroxylation sites is 2. The van der Waals surface area contributed by atoms with Gasteiger partial charge in [-0.2, -0.15) is 0 Å². The lowest BCUT2D eigenvalue weighted by Crippen LogP contribution is -2.51. The lowest BCUT2D eigenvalue weighted by Gasteiger charge is -2.40. The van der Waals surface area contributed by atoms with Gasteiger partial charge in [0.25, 0.3) is 0 Å². The molecule has 0 saturated carbocycles. The molecule has 3 rings (SSSR count). The Morgan fingerprint density at radius 3 is 2.75 bits per heavy atom. The number of fused-ring (bicyclic) bond motifs is 1. The summed E-state index contributed by atoms with van der Waals surface area (Å²) in [5, 5.41) is 0. The molecule has 106 valence electrons. The molecule has 1 aliphatic rings. The number of nitrogens with zero attached hydrogens (tertiary/aromatic N) is 3. The van der Waals surface area contributed by atoms with Gasteiger partial charge in [0.15, 0.2) is 0 Å². The lowest BCUT2D eigenvalue weighted by molar-refractivity contribution is -0.120. The third-order valence-corrected chi connectivity index (χ3v) is 3.82. The van der Waals surface area contributed by atoms with Gasteiger partial charge in [-0.1, -0.05) is 26.0 Å². The van der Waals surface area contributed by atoms with Crippen molar-refractivity contribution in [3.63, 3.8) is 0 Å². The van der Waals surface area contributed by atoms with E-state index >= 15 is 0 Å². The maximum Gasteiger partial charge on any atom is 0.231 e. The predicted molar refractivity (Wildman–Crippen MR) is 78.5 cm³/mol. The molecule has 20 heavy (non-hydrogen) atoms. The second kappa shape index (κ2) is 4.90. The summed E-state index contributed by atoms with van der Waals surface area (Å²) >= 11 is 0. The standard InChI is InChI=1S/C15H20N4O/c1-10(2)15-17-12-5-3-4-6-13(12)19(15)11-7-18(8-11)9-14(16)20/h3-6,10-11H,7-9H2,1-2H3,(H2,16,20). The van der Waals surface area contributed by atoms with Crippen LogP contribution in [0.5, 0.6) is 0 Å². The number of likely N-dealkylation sites (tertiary alicyclic amines) is 1. The minimum atomic E-state index is -0.261. The van der Waals surface area contributed by atoms with Crippen LogP contribution in [0.25, 0.3) is 11.0 Å². The first-order valence-electron chi connectivity index (χ1n) is 7.03. The summed E-state index contributed by atoms with van der Waals surface area (Å²) in [7, 11) is 0. The van der Waals surface area contributed by atoms with Crippen molar-refractivity contribution >= 4 is 16.9 Å². The smallest absolute Gasteiger partial charge is 0.231 e. The Morgan fingerprint density at radius 2 is 2.10 bits per heavy atom. The molecule has 1 aliphatic heterocycles. The number of hydrogen-bond acceptors (Lipinski definition) is 3. The molecule has 2 heterocycles. The van der Waals surface area contributed by atoms with E-state index in [9.17, 15) is 4.79 Å². The van der Waals surface area contributed by atoms with Crippen LogP contribution in [0.1, 0.15) is 31.6 Å². The zero-order valence-corrected chi connectivity index (χ0v) is 11.9. The van der Waals surface area contributed by atoms with Crippen LogP contribution in [-0.2, 0) is 4.79 Å². The molecule has 1 aromatic carbocycles. The number of aromatic nitrogens is 2. The van der Waals surface area contributed by atoms with Crippen molar-refractivity contribution in [1.82, 2.24) is 14.5 Å². The van der Waals surface area contributed by atoms with Crippen molar-refractivity contribution in [2.45, 2.75) is 25.8 Å². The summed E-state index contributed by atoms with van der Waals surface area (Å²) in [6.45, 7) is 6.40. The Balaban J connectivity index is 1.91. The molecule has 1 saturated heterocycles. The van der Waals surface area contributed by atoms with E-state index in [0.29, 0.717) is 18.5 Å². The zero-order chi connectivity index (χ0) is 14.3. The van der Waals surface area contributed by atoms with Gasteiger partial charge in [-0.3, -0.25) is 9.69 Å². The average Bonchev–Trinajstić information content (AvgIpc) is 2.72. The van der Waals surface area contributed by atoms with Crippen LogP contribution in [-0.4, -0.2) is 40.0 Å². The van der Waals surface area contributed by atoms with E-state index in [1.807, 2.05) is 12.1 Å². The molecule has 0 spiro atoms. The third-order valence-electron chi connectivity index (χ3n) is 3.82. The fourth-order valence-electron chi connectivity index (χ4n) is 2.91. The number of imidazole rings is 1. The van der Waals surface area contributed by atoms with Crippen LogP contribution >= 0.6 is 0 Å². The van der Waals surface area contributed by atoms with Crippen LogP contribution in [0, 0.1) is 0 Å². The number of hydrogen-bond donors (Lipinski definition) is 1. The fraction of sp³-hybridized carbons (Fsp3) is 0.467. The Hall–Kier alpha value is -1.88. The van der Waals surface area contributed by atoms with E-state index in [1.165, 1.54) is 5.52 Å². The minimum Gasteiger partial charge on any atom is -0.369 e. The lowest BCUT2D eigenvalue weighted by atomic mass is 10.1. The highest BCUT2D eigenvalue weighted by Gasteiger charge is 2.32. The molecule has 1 fully saturated rings. The summed E-state index contributed by atoms with van der Waals surface area (Å²) in [4.78, 5) is 17.8. The van der Waals surface area contributed by atoms with Gasteiger partial charge in [0.2, 0.25) is 5.91 Å². The molecule has 0 bridgehead atoms. The molecule has 1 amide bonds. The van der Waals surface area contributed by atoms with E-state index in [4.69, 9.17) is 10.7 Å². The minimum absolute atomic E-state index is 0.261. The molecule has 0 aliphatic carbocycles. The van der Waals surface area contributed by atoms with Crippen LogP contribution in [0.2, 0.25) is 0 Å². The third kappa shape index (κ3) is 2.18. The van der Waals surface area contributed by atoms with Crippen LogP contribution in [0.4, 0.5) is 0 Å². The number of amides is 1. The van der Waals surface area contributed by atoms with Gasteiger partial charge in [-0.15, -0.1) is 0 Å². The molecule has 0 radical (unpaired) electrons. The number of carbonyl (C=O) groups excluding carboxylic acids is 1. The highest BCUT2D eigenvalue weighted by molar-refractivity contribution is 5.77. The second-order valence-electron chi connectivity index (χ2n) is 5.80. The summed E-state index contributed by atoms with van der Waals surface area (Å²) in [5.41, 5.74) is 7.46. The molecule has 1 aromatic heterocycles. The zero-order valence-electron chi connectivity index (χ0n) is 11.9. The van der Waals surface area contributed by atoms with Crippen molar-refractivity contribution < 1.29 is 4.79 Å². The Morgan fingerprint density at radius 1 is 1.40 bits per heavy atom. The molecular formula is C15H20N4O. The maximum absolute atomic E-state index is 10.9. The monoisotopic (exact) mass is 272 g/mol. The number of primary amides is 1. The van der Waals surface area contributed by atoms with E-state index in [0.717, 1.165) is 24.4 Å². The first kappa shape index (κ1) is 13.1. The molecule has 2 N–H and O–H groups in total. The Bertz CT molecular complexity index is 640. The Labute approximate surface area is 118 Å². The average molecular weight is 272 g/mol. The normalized spacial score (nSPS) is 16.8. The van der Waals surface area contributed by atoms with Gasteiger partial charge in [0.05, 0.1) is 23.6 Å². The summed E-state index contributed by atoms with van der Waals surface area (Å²) in [6.07, 6.45) is 0. The largest absolute Gasteiger partial charge is 0.369 e. The van der Waals surface area contributed by atoms with E-state index in [2.05, 4.69) is 35.4 Å². The highest BCUT2D eigenvalue weighted by atomic mass is 16.1. The quantitative estimate of drug-likeness (QED) is 0.917. The molecule has 0 atom stereocenters. The van der Waals surface area contributed by atoms with Gasteiger partial charge in [0, 0.05) is 19.0 Å². The van der Waals surface area contributed by atoms with Gasteiger partial charge in [-0.05, 0) is 12.1 Å². The molecule has 0 unspecified atom stereocenters. The SMILES string of the molecule is CC(C)c1nc2ccccc2n1C1CN(CC(N)=O)C1. The predicted octanol–water partition coefficient (Wildman–Crippen LogP) is 1.50. The van der Waals surface area contributed by atoms with E-state index in [1.54, 1.807) is 0 Å². The second-order valence-corrected chi connectivity index (χ2v) is 5.80. The van der Waals surface area contributed by atoms with Crippen molar-refractivity contribution in [2.24, 2.45) is 5.73 Å². The number of carbonyl (C=O) groups is 1. The summed E-state index contributed by atoms with van der Waals surface area (Å²) < 4.78 is 2.33. The number of benzene rings is 1. The van der Waals surface area contributed by atoms with Gasteiger partial charge >= 0.3 is 0 Å². The van der Waals surface area contributed by atoms with Gasteiger partial charge < -0.3 is 10.3 Å².